The molecule has 0 bridgehead atoms. The van der Waals surface area contributed by atoms with E-state index in [0.717, 1.165) is 12.1 Å². The highest BCUT2D eigenvalue weighted by Gasteiger charge is 2.31. The molecule has 3 nitrogen and oxygen atoms in total. The Morgan fingerprint density at radius 1 is 1.04 bits per heavy atom. The van der Waals surface area contributed by atoms with Crippen LogP contribution in [0.25, 0.3) is 10.9 Å². The highest BCUT2D eigenvalue weighted by Crippen LogP contribution is 2.25. The SMILES string of the molecule is O=C(c1ccc(OC(F)(F)F)cc1)c1c[nH]c2ccc(F)cc12. The first kappa shape index (κ1) is 15.1. The lowest BCUT2D eigenvalue weighted by molar-refractivity contribution is -0.274. The van der Waals surface area contributed by atoms with Crippen LogP contribution in [0.15, 0.2) is 48.7 Å². The molecule has 0 unspecified atom stereocenters. The summed E-state index contributed by atoms with van der Waals surface area (Å²) >= 11 is 0. The van der Waals surface area contributed by atoms with Gasteiger partial charge in [0.05, 0.1) is 0 Å². The molecule has 0 amide bonds. The Morgan fingerprint density at radius 2 is 1.74 bits per heavy atom. The minimum atomic E-state index is -4.79. The van der Waals surface area contributed by atoms with Crippen LogP contribution in [-0.2, 0) is 0 Å². The van der Waals surface area contributed by atoms with Gasteiger partial charge < -0.3 is 9.72 Å². The lowest BCUT2D eigenvalue weighted by Crippen LogP contribution is -2.17. The summed E-state index contributed by atoms with van der Waals surface area (Å²) in [5.41, 5.74) is 1.00. The number of rotatable bonds is 3. The van der Waals surface area contributed by atoms with E-state index in [1.165, 1.54) is 36.5 Å². The average molecular weight is 323 g/mol. The van der Waals surface area contributed by atoms with Crippen molar-refractivity contribution in [2.45, 2.75) is 6.36 Å². The van der Waals surface area contributed by atoms with Gasteiger partial charge in [0.1, 0.15) is 11.6 Å². The molecule has 3 rings (SSSR count). The minimum Gasteiger partial charge on any atom is -0.406 e. The highest BCUT2D eigenvalue weighted by atomic mass is 19.4. The molecule has 0 aliphatic carbocycles. The Balaban J connectivity index is 1.91. The van der Waals surface area contributed by atoms with E-state index in [-0.39, 0.29) is 11.1 Å². The number of alkyl halides is 3. The van der Waals surface area contributed by atoms with Crippen LogP contribution in [0.1, 0.15) is 15.9 Å². The molecule has 2 aromatic carbocycles. The molecule has 0 aliphatic heterocycles. The first-order chi connectivity index (χ1) is 10.8. The monoisotopic (exact) mass is 323 g/mol. The first-order valence-electron chi connectivity index (χ1n) is 6.51. The summed E-state index contributed by atoms with van der Waals surface area (Å²) in [7, 11) is 0. The van der Waals surface area contributed by atoms with Crippen LogP contribution < -0.4 is 4.74 Å². The number of H-pyrrole nitrogens is 1. The number of halogens is 4. The van der Waals surface area contributed by atoms with Crippen LogP contribution in [-0.4, -0.2) is 17.1 Å². The molecule has 0 spiro atoms. The zero-order valence-corrected chi connectivity index (χ0v) is 11.4. The second kappa shape index (κ2) is 5.42. The van der Waals surface area contributed by atoms with Crippen molar-refractivity contribution in [3.63, 3.8) is 0 Å². The number of hydrogen-bond acceptors (Lipinski definition) is 2. The van der Waals surface area contributed by atoms with Gasteiger partial charge in [-0.05, 0) is 42.5 Å². The number of fused-ring (bicyclic) bond motifs is 1. The molecule has 0 aliphatic rings. The van der Waals surface area contributed by atoms with Crippen LogP contribution in [0.2, 0.25) is 0 Å². The van der Waals surface area contributed by atoms with E-state index in [1.807, 2.05) is 0 Å². The molecule has 0 saturated carbocycles. The molecule has 1 N–H and O–H groups in total. The summed E-state index contributed by atoms with van der Waals surface area (Å²) < 4.78 is 53.4. The van der Waals surface area contributed by atoms with E-state index in [0.29, 0.717) is 10.9 Å². The number of carbonyl (C=O) groups excluding carboxylic acids is 1. The molecular weight excluding hydrogens is 314 g/mol. The summed E-state index contributed by atoms with van der Waals surface area (Å²) in [6, 6.07) is 8.54. The van der Waals surface area contributed by atoms with Gasteiger partial charge in [0.15, 0.2) is 5.78 Å². The molecule has 3 aromatic rings. The van der Waals surface area contributed by atoms with Crippen molar-refractivity contribution in [2.75, 3.05) is 0 Å². The van der Waals surface area contributed by atoms with E-state index in [1.54, 1.807) is 0 Å². The third kappa shape index (κ3) is 3.18. The summed E-state index contributed by atoms with van der Waals surface area (Å²) in [5, 5.41) is 0.408. The lowest BCUT2D eigenvalue weighted by atomic mass is 10.0. The number of aromatic amines is 1. The minimum absolute atomic E-state index is 0.171. The fourth-order valence-corrected chi connectivity index (χ4v) is 2.24. The first-order valence-corrected chi connectivity index (χ1v) is 6.51. The summed E-state index contributed by atoms with van der Waals surface area (Å²) in [6.45, 7) is 0. The Hall–Kier alpha value is -2.83. The average Bonchev–Trinajstić information content (AvgIpc) is 2.88. The number of carbonyl (C=O) groups is 1. The van der Waals surface area contributed by atoms with Crippen molar-refractivity contribution in [3.8, 4) is 5.75 Å². The third-order valence-corrected chi connectivity index (χ3v) is 3.24. The standard InChI is InChI=1S/C16H9F4NO2/c17-10-3-6-14-12(7-10)13(8-21-14)15(22)9-1-4-11(5-2-9)23-16(18,19)20/h1-8,21H. The number of ether oxygens (including phenoxy) is 1. The van der Waals surface area contributed by atoms with Crippen molar-refractivity contribution >= 4 is 16.7 Å². The number of nitrogens with one attached hydrogen (secondary N) is 1. The van der Waals surface area contributed by atoms with Gasteiger partial charge in [-0.1, -0.05) is 0 Å². The van der Waals surface area contributed by atoms with Gasteiger partial charge in [0.2, 0.25) is 0 Å². The Bertz CT molecular complexity index is 866. The normalized spacial score (nSPS) is 11.7. The Morgan fingerprint density at radius 3 is 2.39 bits per heavy atom. The molecule has 1 aromatic heterocycles. The predicted octanol–water partition coefficient (Wildman–Crippen LogP) is 4.44. The van der Waals surface area contributed by atoms with Gasteiger partial charge in [-0.3, -0.25) is 4.79 Å². The molecule has 7 heteroatoms. The van der Waals surface area contributed by atoms with Crippen molar-refractivity contribution in [1.29, 1.82) is 0 Å². The van der Waals surface area contributed by atoms with Gasteiger partial charge in [0, 0.05) is 28.2 Å². The Labute approximate surface area is 127 Å². The molecule has 0 saturated heterocycles. The second-order valence-corrected chi connectivity index (χ2v) is 4.79. The van der Waals surface area contributed by atoms with Gasteiger partial charge in [-0.15, -0.1) is 13.2 Å². The van der Waals surface area contributed by atoms with E-state index in [9.17, 15) is 22.4 Å². The predicted molar refractivity (Wildman–Crippen MR) is 74.8 cm³/mol. The lowest BCUT2D eigenvalue weighted by Gasteiger charge is -2.08. The third-order valence-electron chi connectivity index (χ3n) is 3.24. The van der Waals surface area contributed by atoms with Gasteiger partial charge in [-0.2, -0.15) is 0 Å². The van der Waals surface area contributed by atoms with Crippen LogP contribution in [0.4, 0.5) is 17.6 Å². The van der Waals surface area contributed by atoms with Crippen LogP contribution >= 0.6 is 0 Å². The molecule has 118 valence electrons. The molecule has 0 radical (unpaired) electrons. The molecule has 23 heavy (non-hydrogen) atoms. The van der Waals surface area contributed by atoms with E-state index in [2.05, 4.69) is 9.72 Å². The zero-order valence-electron chi connectivity index (χ0n) is 11.4. The summed E-state index contributed by atoms with van der Waals surface area (Å²) in [4.78, 5) is 15.3. The highest BCUT2D eigenvalue weighted by molar-refractivity contribution is 6.16. The Kier molecular flexibility index (Phi) is 3.55. The fourth-order valence-electron chi connectivity index (χ4n) is 2.24. The van der Waals surface area contributed by atoms with E-state index < -0.39 is 23.7 Å². The summed E-state index contributed by atoms with van der Waals surface area (Å²) in [6.07, 6.45) is -3.35. The van der Waals surface area contributed by atoms with Gasteiger partial charge in [0.25, 0.3) is 0 Å². The maximum Gasteiger partial charge on any atom is 0.573 e. The topological polar surface area (TPSA) is 42.1 Å². The quantitative estimate of drug-likeness (QED) is 0.572. The maximum atomic E-state index is 13.3. The molecule has 0 fully saturated rings. The van der Waals surface area contributed by atoms with Crippen molar-refractivity contribution in [2.24, 2.45) is 0 Å². The second-order valence-electron chi connectivity index (χ2n) is 4.79. The van der Waals surface area contributed by atoms with Crippen molar-refractivity contribution in [1.82, 2.24) is 4.98 Å². The molecule has 1 heterocycles. The largest absolute Gasteiger partial charge is 0.573 e. The smallest absolute Gasteiger partial charge is 0.406 e. The number of hydrogen-bond donors (Lipinski definition) is 1. The van der Waals surface area contributed by atoms with E-state index >= 15 is 0 Å². The molecular formula is C16H9F4NO2. The molecule has 0 atom stereocenters. The van der Waals surface area contributed by atoms with Crippen molar-refractivity contribution in [3.05, 3.63) is 65.6 Å². The van der Waals surface area contributed by atoms with Crippen LogP contribution in [0.3, 0.4) is 0 Å². The van der Waals surface area contributed by atoms with Gasteiger partial charge >= 0.3 is 6.36 Å². The number of ketones is 1. The van der Waals surface area contributed by atoms with Crippen LogP contribution in [0, 0.1) is 5.82 Å². The van der Waals surface area contributed by atoms with Gasteiger partial charge in [-0.25, -0.2) is 4.39 Å². The fraction of sp³-hybridized carbons (Fsp3) is 0.0625. The maximum absolute atomic E-state index is 13.3. The van der Waals surface area contributed by atoms with Crippen molar-refractivity contribution < 1.29 is 27.1 Å². The van der Waals surface area contributed by atoms with E-state index in [4.69, 9.17) is 0 Å². The summed E-state index contributed by atoms with van der Waals surface area (Å²) in [5.74, 6) is -1.33. The number of aromatic nitrogens is 1. The number of benzene rings is 2. The zero-order chi connectivity index (χ0) is 16.6. The van der Waals surface area contributed by atoms with Crippen LogP contribution in [0.5, 0.6) is 5.75 Å².